The third-order valence-electron chi connectivity index (χ3n) is 4.19. The second-order valence-electron chi connectivity index (χ2n) is 5.52. The van der Waals surface area contributed by atoms with E-state index in [9.17, 15) is 0 Å². The SMILES string of the molecule is CCNC1CCCCC1CCOc1ccc(OC)cc1. The van der Waals surface area contributed by atoms with Crippen LogP contribution in [0.3, 0.4) is 0 Å². The molecule has 2 unspecified atom stereocenters. The van der Waals surface area contributed by atoms with E-state index < -0.39 is 0 Å². The first-order chi connectivity index (χ1) is 9.83. The first-order valence-electron chi connectivity index (χ1n) is 7.83. The summed E-state index contributed by atoms with van der Waals surface area (Å²) in [6, 6.07) is 8.52. The molecule has 1 saturated carbocycles. The molecular formula is C17H27NO2. The molecular weight excluding hydrogens is 250 g/mol. The zero-order valence-corrected chi connectivity index (χ0v) is 12.7. The minimum Gasteiger partial charge on any atom is -0.497 e. The molecule has 2 atom stereocenters. The highest BCUT2D eigenvalue weighted by Crippen LogP contribution is 2.27. The Hall–Kier alpha value is -1.22. The highest BCUT2D eigenvalue weighted by atomic mass is 16.5. The summed E-state index contributed by atoms with van der Waals surface area (Å²) in [5, 5.41) is 3.63. The van der Waals surface area contributed by atoms with Gasteiger partial charge in [-0.2, -0.15) is 0 Å². The van der Waals surface area contributed by atoms with Crippen LogP contribution in [-0.2, 0) is 0 Å². The zero-order valence-electron chi connectivity index (χ0n) is 12.7. The Labute approximate surface area is 122 Å². The van der Waals surface area contributed by atoms with E-state index in [4.69, 9.17) is 9.47 Å². The summed E-state index contributed by atoms with van der Waals surface area (Å²) in [5.41, 5.74) is 0. The van der Waals surface area contributed by atoms with Gasteiger partial charge in [0.05, 0.1) is 13.7 Å². The van der Waals surface area contributed by atoms with E-state index in [-0.39, 0.29) is 0 Å². The fraction of sp³-hybridized carbons (Fsp3) is 0.647. The molecule has 1 N–H and O–H groups in total. The van der Waals surface area contributed by atoms with E-state index in [1.54, 1.807) is 7.11 Å². The number of hydrogen-bond donors (Lipinski definition) is 1. The number of benzene rings is 1. The van der Waals surface area contributed by atoms with Crippen molar-refractivity contribution in [3.05, 3.63) is 24.3 Å². The van der Waals surface area contributed by atoms with Gasteiger partial charge in [0.15, 0.2) is 0 Å². The topological polar surface area (TPSA) is 30.5 Å². The molecule has 1 aromatic rings. The Kier molecular flexibility index (Phi) is 6.19. The van der Waals surface area contributed by atoms with Gasteiger partial charge in [-0.1, -0.05) is 19.8 Å². The van der Waals surface area contributed by atoms with Crippen LogP contribution in [-0.4, -0.2) is 26.3 Å². The average Bonchev–Trinajstić information content (AvgIpc) is 2.50. The third-order valence-corrected chi connectivity index (χ3v) is 4.19. The fourth-order valence-corrected chi connectivity index (χ4v) is 3.08. The van der Waals surface area contributed by atoms with Gasteiger partial charge in [-0.3, -0.25) is 0 Å². The Morgan fingerprint density at radius 2 is 1.80 bits per heavy atom. The summed E-state index contributed by atoms with van der Waals surface area (Å²) in [6.07, 6.45) is 6.54. The molecule has 0 spiro atoms. The first kappa shape index (κ1) is 15.2. The molecule has 112 valence electrons. The van der Waals surface area contributed by atoms with Gasteiger partial charge >= 0.3 is 0 Å². The van der Waals surface area contributed by atoms with Gasteiger partial charge in [0.2, 0.25) is 0 Å². The molecule has 3 heteroatoms. The van der Waals surface area contributed by atoms with Crippen LogP contribution < -0.4 is 14.8 Å². The Morgan fingerprint density at radius 1 is 1.10 bits per heavy atom. The van der Waals surface area contributed by atoms with Crippen LogP contribution in [0.5, 0.6) is 11.5 Å². The Morgan fingerprint density at radius 3 is 2.50 bits per heavy atom. The van der Waals surface area contributed by atoms with Crippen LogP contribution in [0.25, 0.3) is 0 Å². The molecule has 20 heavy (non-hydrogen) atoms. The predicted octanol–water partition coefficient (Wildman–Crippen LogP) is 3.63. The average molecular weight is 277 g/mol. The lowest BCUT2D eigenvalue weighted by molar-refractivity contribution is 0.205. The minimum absolute atomic E-state index is 0.688. The van der Waals surface area contributed by atoms with Crippen LogP contribution >= 0.6 is 0 Å². The number of methoxy groups -OCH3 is 1. The molecule has 1 aliphatic carbocycles. The van der Waals surface area contributed by atoms with Gasteiger partial charge in [0, 0.05) is 6.04 Å². The van der Waals surface area contributed by atoms with Crippen LogP contribution in [0.2, 0.25) is 0 Å². The Balaban J connectivity index is 1.75. The second kappa shape index (κ2) is 8.15. The minimum atomic E-state index is 0.688. The number of ether oxygens (including phenoxy) is 2. The van der Waals surface area contributed by atoms with E-state index in [0.717, 1.165) is 37.0 Å². The lowest BCUT2D eigenvalue weighted by Gasteiger charge is -2.32. The Bertz CT molecular complexity index is 375. The number of rotatable bonds is 7. The molecule has 1 aromatic carbocycles. The van der Waals surface area contributed by atoms with Gasteiger partial charge in [0.1, 0.15) is 11.5 Å². The molecule has 1 fully saturated rings. The smallest absolute Gasteiger partial charge is 0.119 e. The molecule has 0 bridgehead atoms. The van der Waals surface area contributed by atoms with E-state index in [1.165, 1.54) is 25.7 Å². The molecule has 0 aliphatic heterocycles. The summed E-state index contributed by atoms with van der Waals surface area (Å²) in [7, 11) is 1.68. The van der Waals surface area contributed by atoms with Crippen LogP contribution in [0.15, 0.2) is 24.3 Å². The number of nitrogens with one attached hydrogen (secondary N) is 1. The van der Waals surface area contributed by atoms with Crippen LogP contribution in [0, 0.1) is 5.92 Å². The lowest BCUT2D eigenvalue weighted by atomic mass is 9.82. The predicted molar refractivity (Wildman–Crippen MR) is 82.5 cm³/mol. The van der Waals surface area contributed by atoms with Crippen molar-refractivity contribution in [2.75, 3.05) is 20.3 Å². The fourth-order valence-electron chi connectivity index (χ4n) is 3.08. The van der Waals surface area contributed by atoms with Crippen LogP contribution in [0.1, 0.15) is 39.0 Å². The van der Waals surface area contributed by atoms with Gasteiger partial charge in [0.25, 0.3) is 0 Å². The van der Waals surface area contributed by atoms with Gasteiger partial charge < -0.3 is 14.8 Å². The first-order valence-corrected chi connectivity index (χ1v) is 7.83. The zero-order chi connectivity index (χ0) is 14.2. The summed E-state index contributed by atoms with van der Waals surface area (Å²) in [4.78, 5) is 0. The van der Waals surface area contributed by atoms with E-state index in [0.29, 0.717) is 6.04 Å². The van der Waals surface area contributed by atoms with Gasteiger partial charge in [-0.15, -0.1) is 0 Å². The normalized spacial score (nSPS) is 22.5. The van der Waals surface area contributed by atoms with E-state index in [1.807, 2.05) is 24.3 Å². The molecule has 0 saturated heterocycles. The maximum atomic E-state index is 5.85. The second-order valence-corrected chi connectivity index (χ2v) is 5.52. The van der Waals surface area contributed by atoms with Crippen molar-refractivity contribution in [3.8, 4) is 11.5 Å². The molecule has 3 nitrogen and oxygen atoms in total. The quantitative estimate of drug-likeness (QED) is 0.825. The molecule has 1 aliphatic rings. The lowest BCUT2D eigenvalue weighted by Crippen LogP contribution is -2.39. The molecule has 0 aromatic heterocycles. The molecule has 2 rings (SSSR count). The highest BCUT2D eigenvalue weighted by molar-refractivity contribution is 5.31. The van der Waals surface area contributed by atoms with Crippen molar-refractivity contribution >= 4 is 0 Å². The largest absolute Gasteiger partial charge is 0.497 e. The third kappa shape index (κ3) is 4.41. The van der Waals surface area contributed by atoms with Crippen molar-refractivity contribution in [2.45, 2.75) is 45.1 Å². The van der Waals surface area contributed by atoms with E-state index >= 15 is 0 Å². The summed E-state index contributed by atoms with van der Waals surface area (Å²) in [5.74, 6) is 2.57. The van der Waals surface area contributed by atoms with Gasteiger partial charge in [-0.25, -0.2) is 0 Å². The van der Waals surface area contributed by atoms with Crippen molar-refractivity contribution in [3.63, 3.8) is 0 Å². The molecule has 0 amide bonds. The van der Waals surface area contributed by atoms with Crippen molar-refractivity contribution in [1.29, 1.82) is 0 Å². The molecule has 0 heterocycles. The van der Waals surface area contributed by atoms with Gasteiger partial charge in [-0.05, 0) is 56.0 Å². The standard InChI is InChI=1S/C17H27NO2/c1-3-18-17-7-5-4-6-14(17)12-13-20-16-10-8-15(19-2)9-11-16/h8-11,14,17-18H,3-7,12-13H2,1-2H3. The van der Waals surface area contributed by atoms with Crippen LogP contribution in [0.4, 0.5) is 0 Å². The monoisotopic (exact) mass is 277 g/mol. The van der Waals surface area contributed by atoms with Crippen molar-refractivity contribution in [1.82, 2.24) is 5.32 Å². The molecule has 0 radical (unpaired) electrons. The highest BCUT2D eigenvalue weighted by Gasteiger charge is 2.23. The van der Waals surface area contributed by atoms with Crippen molar-refractivity contribution in [2.24, 2.45) is 5.92 Å². The van der Waals surface area contributed by atoms with E-state index in [2.05, 4.69) is 12.2 Å². The summed E-state index contributed by atoms with van der Waals surface area (Å²) < 4.78 is 11.0. The van der Waals surface area contributed by atoms with Crippen molar-refractivity contribution < 1.29 is 9.47 Å². The number of hydrogen-bond acceptors (Lipinski definition) is 3. The summed E-state index contributed by atoms with van der Waals surface area (Å²) in [6.45, 7) is 4.07. The maximum Gasteiger partial charge on any atom is 0.119 e. The maximum absolute atomic E-state index is 5.85. The summed E-state index contributed by atoms with van der Waals surface area (Å²) >= 11 is 0.